The standard InChI is InChI=1S/C12H14O4/c1-3-7-5-16-12-6(2)8(13)4-9(14)10(12)11(7)15/h4,7,13-14H,3,5H2,1-2H3. The van der Waals surface area contributed by atoms with Crippen LogP contribution in [0, 0.1) is 12.8 Å². The Hall–Kier alpha value is -1.71. The van der Waals surface area contributed by atoms with Crippen LogP contribution in [0.4, 0.5) is 0 Å². The summed E-state index contributed by atoms with van der Waals surface area (Å²) >= 11 is 0. The van der Waals surface area contributed by atoms with Crippen LogP contribution >= 0.6 is 0 Å². The number of Topliss-reactive ketones (excluding diaryl/α,β-unsaturated/α-hetero) is 1. The molecule has 0 fully saturated rings. The highest BCUT2D eigenvalue weighted by molar-refractivity contribution is 6.04. The first-order valence-corrected chi connectivity index (χ1v) is 5.28. The zero-order chi connectivity index (χ0) is 11.9. The highest BCUT2D eigenvalue weighted by Crippen LogP contribution is 2.41. The number of aromatic hydroxyl groups is 2. The Bertz CT molecular complexity index is 451. The molecule has 2 N–H and O–H groups in total. The molecule has 1 aromatic rings. The van der Waals surface area contributed by atoms with E-state index in [-0.39, 0.29) is 28.8 Å². The van der Waals surface area contributed by atoms with E-state index < -0.39 is 0 Å². The summed E-state index contributed by atoms with van der Waals surface area (Å²) in [6.45, 7) is 3.88. The second-order valence-electron chi connectivity index (χ2n) is 4.02. The van der Waals surface area contributed by atoms with Crippen LogP contribution in [-0.2, 0) is 0 Å². The fraction of sp³-hybridized carbons (Fsp3) is 0.417. The molecule has 0 aromatic heterocycles. The van der Waals surface area contributed by atoms with Gasteiger partial charge in [0.15, 0.2) is 5.78 Å². The van der Waals surface area contributed by atoms with E-state index in [0.29, 0.717) is 24.3 Å². The number of rotatable bonds is 1. The molecule has 0 saturated carbocycles. The second kappa shape index (κ2) is 3.70. The summed E-state index contributed by atoms with van der Waals surface area (Å²) in [7, 11) is 0. The van der Waals surface area contributed by atoms with Gasteiger partial charge in [-0.15, -0.1) is 0 Å². The number of carbonyl (C=O) groups excluding carboxylic acids is 1. The molecule has 0 aliphatic carbocycles. The minimum atomic E-state index is -0.207. The van der Waals surface area contributed by atoms with Crippen molar-refractivity contribution >= 4 is 5.78 Å². The minimum absolute atomic E-state index is 0.0565. The van der Waals surface area contributed by atoms with Crippen molar-refractivity contribution in [2.45, 2.75) is 20.3 Å². The van der Waals surface area contributed by atoms with Crippen LogP contribution in [0.3, 0.4) is 0 Å². The first-order valence-electron chi connectivity index (χ1n) is 5.28. The molecule has 4 nitrogen and oxygen atoms in total. The third kappa shape index (κ3) is 1.41. The fourth-order valence-electron chi connectivity index (χ4n) is 1.92. The average Bonchev–Trinajstić information content (AvgIpc) is 2.25. The molecule has 4 heteroatoms. The molecule has 16 heavy (non-hydrogen) atoms. The maximum Gasteiger partial charge on any atom is 0.176 e. The van der Waals surface area contributed by atoms with E-state index in [1.54, 1.807) is 6.92 Å². The lowest BCUT2D eigenvalue weighted by molar-refractivity contribution is 0.0820. The van der Waals surface area contributed by atoms with Gasteiger partial charge >= 0.3 is 0 Å². The van der Waals surface area contributed by atoms with Crippen molar-refractivity contribution in [3.05, 3.63) is 17.2 Å². The third-order valence-electron chi connectivity index (χ3n) is 3.02. The molecule has 1 heterocycles. The van der Waals surface area contributed by atoms with Crippen LogP contribution < -0.4 is 4.74 Å². The maximum absolute atomic E-state index is 12.0. The Morgan fingerprint density at radius 3 is 2.75 bits per heavy atom. The number of hydrogen-bond acceptors (Lipinski definition) is 4. The van der Waals surface area contributed by atoms with Gasteiger partial charge in [0.25, 0.3) is 0 Å². The predicted octanol–water partition coefficient (Wildman–Crippen LogP) is 2.01. The number of phenols is 2. The van der Waals surface area contributed by atoms with E-state index in [9.17, 15) is 15.0 Å². The van der Waals surface area contributed by atoms with Gasteiger partial charge in [-0.2, -0.15) is 0 Å². The monoisotopic (exact) mass is 222 g/mol. The SMILES string of the molecule is CCC1COc2c(C)c(O)cc(O)c2C1=O. The van der Waals surface area contributed by atoms with Crippen molar-refractivity contribution in [1.29, 1.82) is 0 Å². The molecule has 0 bridgehead atoms. The van der Waals surface area contributed by atoms with Crippen molar-refractivity contribution in [3.63, 3.8) is 0 Å². The van der Waals surface area contributed by atoms with E-state index in [1.165, 1.54) is 6.07 Å². The maximum atomic E-state index is 12.0. The summed E-state index contributed by atoms with van der Waals surface area (Å²) < 4.78 is 5.45. The number of ether oxygens (including phenoxy) is 1. The summed E-state index contributed by atoms with van der Waals surface area (Å²) in [6, 6.07) is 1.19. The molecule has 0 amide bonds. The molecule has 1 aliphatic heterocycles. The van der Waals surface area contributed by atoms with Gasteiger partial charge in [-0.1, -0.05) is 6.92 Å². The first kappa shape index (κ1) is 10.8. The number of ketones is 1. The molecule has 1 aliphatic rings. The summed E-state index contributed by atoms with van der Waals surface area (Å²) in [5.74, 6) is -0.265. The molecule has 0 saturated heterocycles. The zero-order valence-electron chi connectivity index (χ0n) is 9.28. The van der Waals surface area contributed by atoms with Crippen LogP contribution in [-0.4, -0.2) is 22.6 Å². The summed E-state index contributed by atoms with van der Waals surface area (Å²) in [5, 5.41) is 19.2. The number of hydrogen-bond donors (Lipinski definition) is 2. The van der Waals surface area contributed by atoms with E-state index >= 15 is 0 Å². The third-order valence-corrected chi connectivity index (χ3v) is 3.02. The van der Waals surface area contributed by atoms with Crippen LogP contribution in [0.2, 0.25) is 0 Å². The first-order chi connectivity index (χ1) is 7.56. The van der Waals surface area contributed by atoms with Gasteiger partial charge in [-0.05, 0) is 13.3 Å². The summed E-state index contributed by atoms with van der Waals surface area (Å²) in [4.78, 5) is 12.0. The van der Waals surface area contributed by atoms with Crippen LogP contribution in [0.25, 0.3) is 0 Å². The number of fused-ring (bicyclic) bond motifs is 1. The molecular formula is C12H14O4. The molecular weight excluding hydrogens is 208 g/mol. The Morgan fingerprint density at radius 2 is 2.12 bits per heavy atom. The van der Waals surface area contributed by atoms with Crippen molar-refractivity contribution < 1.29 is 19.7 Å². The molecule has 0 spiro atoms. The Kier molecular flexibility index (Phi) is 2.50. The van der Waals surface area contributed by atoms with Crippen molar-refractivity contribution in [3.8, 4) is 17.2 Å². The van der Waals surface area contributed by atoms with Crippen molar-refractivity contribution in [1.82, 2.24) is 0 Å². The van der Waals surface area contributed by atoms with Gasteiger partial charge in [-0.3, -0.25) is 4.79 Å². The Labute approximate surface area is 93.5 Å². The molecule has 0 radical (unpaired) electrons. The Morgan fingerprint density at radius 1 is 1.44 bits per heavy atom. The number of benzene rings is 1. The molecule has 1 atom stereocenters. The zero-order valence-corrected chi connectivity index (χ0v) is 9.28. The van der Waals surface area contributed by atoms with Gasteiger partial charge < -0.3 is 14.9 Å². The average molecular weight is 222 g/mol. The summed E-state index contributed by atoms with van der Waals surface area (Å²) in [6.07, 6.45) is 0.678. The smallest absolute Gasteiger partial charge is 0.176 e. The lowest BCUT2D eigenvalue weighted by atomic mass is 9.91. The topological polar surface area (TPSA) is 66.8 Å². The molecule has 1 unspecified atom stereocenters. The van der Waals surface area contributed by atoms with Gasteiger partial charge in [-0.25, -0.2) is 0 Å². The molecule has 86 valence electrons. The second-order valence-corrected chi connectivity index (χ2v) is 4.02. The lowest BCUT2D eigenvalue weighted by Crippen LogP contribution is -2.27. The van der Waals surface area contributed by atoms with Gasteiger partial charge in [0, 0.05) is 11.6 Å². The van der Waals surface area contributed by atoms with Gasteiger partial charge in [0.05, 0.1) is 12.5 Å². The molecule has 2 rings (SSSR count). The highest BCUT2D eigenvalue weighted by atomic mass is 16.5. The quantitative estimate of drug-likeness (QED) is 0.762. The number of phenolic OH excluding ortho intramolecular Hbond substituents is 2. The molecule has 1 aromatic carbocycles. The fourth-order valence-corrected chi connectivity index (χ4v) is 1.92. The van der Waals surface area contributed by atoms with Crippen molar-refractivity contribution in [2.24, 2.45) is 5.92 Å². The van der Waals surface area contributed by atoms with Crippen LogP contribution in [0.1, 0.15) is 29.3 Å². The number of carbonyl (C=O) groups is 1. The predicted molar refractivity (Wildman–Crippen MR) is 58.1 cm³/mol. The van der Waals surface area contributed by atoms with E-state index in [0.717, 1.165) is 0 Å². The van der Waals surface area contributed by atoms with E-state index in [2.05, 4.69) is 0 Å². The highest BCUT2D eigenvalue weighted by Gasteiger charge is 2.32. The largest absolute Gasteiger partial charge is 0.507 e. The summed E-state index contributed by atoms with van der Waals surface area (Å²) in [5.41, 5.74) is 0.698. The Balaban J connectivity index is 2.61. The minimum Gasteiger partial charge on any atom is -0.507 e. The normalized spacial score (nSPS) is 19.1. The van der Waals surface area contributed by atoms with Crippen LogP contribution in [0.15, 0.2) is 6.07 Å². The van der Waals surface area contributed by atoms with Gasteiger partial charge in [0.2, 0.25) is 0 Å². The van der Waals surface area contributed by atoms with E-state index in [4.69, 9.17) is 4.74 Å². The van der Waals surface area contributed by atoms with E-state index in [1.807, 2.05) is 6.92 Å². The van der Waals surface area contributed by atoms with Gasteiger partial charge in [0.1, 0.15) is 22.8 Å². The lowest BCUT2D eigenvalue weighted by Gasteiger charge is -2.25. The van der Waals surface area contributed by atoms with Crippen molar-refractivity contribution in [2.75, 3.05) is 6.61 Å². The van der Waals surface area contributed by atoms with Crippen LogP contribution in [0.5, 0.6) is 17.2 Å².